The zero-order valence-corrected chi connectivity index (χ0v) is 29.3. The molecule has 1 fully saturated rings. The van der Waals surface area contributed by atoms with Crippen molar-refractivity contribution in [2.24, 2.45) is 11.3 Å². The van der Waals surface area contributed by atoms with Crippen molar-refractivity contribution in [2.45, 2.75) is 57.7 Å². The molecule has 0 bridgehead atoms. The Kier molecular flexibility index (Phi) is 6.36. The van der Waals surface area contributed by atoms with E-state index in [4.69, 9.17) is 0 Å². The molecule has 3 aliphatic rings. The van der Waals surface area contributed by atoms with Crippen LogP contribution in [0, 0.1) is 25.2 Å². The fraction of sp³-hybridized carbons (Fsp3) is 0.300. The molecule has 0 aromatic heterocycles. The Morgan fingerprint density at radius 2 is 1.02 bits per heavy atom. The Labute approximate surface area is 251 Å². The third-order valence-corrected chi connectivity index (χ3v) is 25.7. The molecule has 0 spiro atoms. The molecule has 1 heterocycles. The van der Waals surface area contributed by atoms with Crippen LogP contribution in [-0.2, 0) is 20.0 Å². The van der Waals surface area contributed by atoms with Crippen LogP contribution in [0.3, 0.4) is 0 Å². The molecule has 0 amide bonds. The first-order valence-corrected chi connectivity index (χ1v) is 26.8. The van der Waals surface area contributed by atoms with Crippen molar-refractivity contribution in [3.05, 3.63) is 129 Å². The summed E-state index contributed by atoms with van der Waals surface area (Å²) >= 11 is -3.07. The van der Waals surface area contributed by atoms with Crippen LogP contribution < -0.4 is 0 Å². The van der Waals surface area contributed by atoms with Crippen LogP contribution >= 0.6 is 0 Å². The van der Waals surface area contributed by atoms with Crippen molar-refractivity contribution in [2.75, 3.05) is 0 Å². The summed E-state index contributed by atoms with van der Waals surface area (Å²) in [5.74, 6) is 0.625. The third kappa shape index (κ3) is 3.94. The van der Waals surface area contributed by atoms with Gasteiger partial charge in [0.05, 0.1) is 0 Å². The Morgan fingerprint density at radius 1 is 0.610 bits per heavy atom. The van der Waals surface area contributed by atoms with E-state index in [-0.39, 0.29) is 5.41 Å². The third-order valence-electron chi connectivity index (χ3n) is 10.6. The molecule has 0 radical (unpaired) electrons. The minimum absolute atomic E-state index is 0.0586. The second kappa shape index (κ2) is 9.63. The van der Waals surface area contributed by atoms with E-state index in [1.165, 1.54) is 50.9 Å². The fourth-order valence-electron chi connectivity index (χ4n) is 8.97. The molecule has 7 rings (SSSR count). The van der Waals surface area contributed by atoms with Crippen molar-refractivity contribution in [1.29, 1.82) is 0 Å². The van der Waals surface area contributed by atoms with Crippen molar-refractivity contribution in [3.63, 3.8) is 0 Å². The molecule has 4 aromatic carbocycles. The summed E-state index contributed by atoms with van der Waals surface area (Å²) in [5.41, 5.74) is 18.1. The molecular formula is C40H42Hf. The minimum atomic E-state index is -3.07. The summed E-state index contributed by atoms with van der Waals surface area (Å²) in [7, 11) is 0. The Balaban J connectivity index is 1.48. The Morgan fingerprint density at radius 3 is 1.44 bits per heavy atom. The molecule has 1 saturated heterocycles. The number of fused-ring (bicyclic) bond motifs is 6. The van der Waals surface area contributed by atoms with E-state index in [2.05, 4.69) is 141 Å². The van der Waals surface area contributed by atoms with Gasteiger partial charge in [0.15, 0.2) is 0 Å². The van der Waals surface area contributed by atoms with Crippen LogP contribution in [0.25, 0.3) is 34.4 Å². The summed E-state index contributed by atoms with van der Waals surface area (Å²) in [5, 5.41) is 0. The van der Waals surface area contributed by atoms with Gasteiger partial charge >= 0.3 is 253 Å². The monoisotopic (exact) mass is 702 g/mol. The molecule has 2 aliphatic carbocycles. The van der Waals surface area contributed by atoms with E-state index < -0.39 is 20.0 Å². The van der Waals surface area contributed by atoms with E-state index in [1.807, 2.05) is 0 Å². The summed E-state index contributed by atoms with van der Waals surface area (Å²) in [6.07, 6.45) is 6.55. The summed E-state index contributed by atoms with van der Waals surface area (Å²) < 4.78 is 6.76. The zero-order chi connectivity index (χ0) is 28.7. The van der Waals surface area contributed by atoms with Crippen LogP contribution in [0.2, 0.25) is 9.36 Å². The van der Waals surface area contributed by atoms with Crippen LogP contribution in [0.4, 0.5) is 0 Å². The maximum absolute atomic E-state index is 3.07. The average molecular weight is 701 g/mol. The first-order chi connectivity index (χ1) is 19.6. The number of benzene rings is 4. The maximum atomic E-state index is 2.77. The van der Waals surface area contributed by atoms with Gasteiger partial charge in [-0.2, -0.15) is 0 Å². The van der Waals surface area contributed by atoms with Gasteiger partial charge in [-0.3, -0.25) is 0 Å². The van der Waals surface area contributed by atoms with Crippen molar-refractivity contribution in [1.82, 2.24) is 0 Å². The predicted molar refractivity (Wildman–Crippen MR) is 174 cm³/mol. The molecule has 0 saturated carbocycles. The Hall–Kier alpha value is -2.77. The van der Waals surface area contributed by atoms with E-state index in [9.17, 15) is 0 Å². The molecule has 2 atom stereocenters. The molecular weight excluding hydrogens is 659 g/mol. The first-order valence-electron chi connectivity index (χ1n) is 15.4. The first kappa shape index (κ1) is 27.1. The molecule has 1 heteroatoms. The number of aryl methyl sites for hydroxylation is 2. The Bertz CT molecular complexity index is 1640. The summed E-state index contributed by atoms with van der Waals surface area (Å²) in [6, 6.07) is 32.2. The molecule has 0 nitrogen and oxygen atoms in total. The molecule has 4 aromatic rings. The molecule has 0 N–H and O–H groups in total. The SMILES string of the molecule is Cc1ccccc1-c1cccc2c1C=C1[CH]2[Hf]([CH3])([CH3])[CH]2C(=Cc3c(-c4ccccc4C)cccc32)C1(C)CC(C)C. The number of hydrogen-bond donors (Lipinski definition) is 0. The molecule has 206 valence electrons. The van der Waals surface area contributed by atoms with E-state index in [1.54, 1.807) is 22.3 Å². The van der Waals surface area contributed by atoms with Gasteiger partial charge in [-0.05, 0) is 0 Å². The van der Waals surface area contributed by atoms with Gasteiger partial charge in [0.25, 0.3) is 0 Å². The second-order valence-electron chi connectivity index (χ2n) is 14.1. The van der Waals surface area contributed by atoms with E-state index >= 15 is 0 Å². The fourth-order valence-corrected chi connectivity index (χ4v) is 26.4. The van der Waals surface area contributed by atoms with Gasteiger partial charge < -0.3 is 0 Å². The summed E-state index contributed by atoms with van der Waals surface area (Å²) in [6.45, 7) is 12.0. The standard InChI is InChI=1S/C38H36.2CH3.Hf/c1-25(2)24-38(5,30-20-28-14-10-18-34(36(28)22-30)32-16-8-6-12-26(32)3)31-21-29-15-11-19-35(37(29)23-31)33-17-9-7-13-27(33)4;;;/h6-23,25H,24H2,1-5H3;2*1H3;. The van der Waals surface area contributed by atoms with E-state index in [0.717, 1.165) is 0 Å². The van der Waals surface area contributed by atoms with Gasteiger partial charge in [-0.25, -0.2) is 0 Å². The predicted octanol–water partition coefficient (Wildman–Crippen LogP) is 11.5. The number of allylic oxidation sites excluding steroid dienone is 2. The molecule has 1 aliphatic heterocycles. The number of hydrogen-bond acceptors (Lipinski definition) is 0. The summed E-state index contributed by atoms with van der Waals surface area (Å²) in [4.78, 5) is 0. The topological polar surface area (TPSA) is 0 Å². The quantitative estimate of drug-likeness (QED) is 0.186. The average Bonchev–Trinajstić information content (AvgIpc) is 3.54. The van der Waals surface area contributed by atoms with Crippen LogP contribution in [0.5, 0.6) is 0 Å². The van der Waals surface area contributed by atoms with Gasteiger partial charge in [0.1, 0.15) is 0 Å². The number of rotatable bonds is 4. The van der Waals surface area contributed by atoms with Crippen LogP contribution in [0.1, 0.15) is 67.9 Å². The van der Waals surface area contributed by atoms with Gasteiger partial charge in [0.2, 0.25) is 0 Å². The molecule has 41 heavy (non-hydrogen) atoms. The van der Waals surface area contributed by atoms with Crippen LogP contribution in [-0.4, -0.2) is 0 Å². The van der Waals surface area contributed by atoms with Crippen LogP contribution in [0.15, 0.2) is 96.1 Å². The van der Waals surface area contributed by atoms with Gasteiger partial charge in [-0.1, -0.05) is 0 Å². The second-order valence-corrected chi connectivity index (χ2v) is 31.3. The van der Waals surface area contributed by atoms with Crippen molar-refractivity contribution >= 4 is 12.2 Å². The molecule has 2 unspecified atom stereocenters. The zero-order valence-electron chi connectivity index (χ0n) is 25.7. The van der Waals surface area contributed by atoms with E-state index in [0.29, 0.717) is 13.3 Å². The van der Waals surface area contributed by atoms with Crippen molar-refractivity contribution < 1.29 is 20.0 Å². The van der Waals surface area contributed by atoms with Crippen molar-refractivity contribution in [3.8, 4) is 22.3 Å². The van der Waals surface area contributed by atoms with Gasteiger partial charge in [-0.15, -0.1) is 0 Å². The van der Waals surface area contributed by atoms with Gasteiger partial charge in [0, 0.05) is 0 Å². The normalized spacial score (nSPS) is 23.4.